The number of carbonyl (C=O) groups excluding carboxylic acids is 4. The van der Waals surface area contributed by atoms with Crippen LogP contribution in [0.5, 0.6) is 5.75 Å². The SMILES string of the molecule is Cc1ccc2cc1CNC(=O)C(CCc1ccccc1)NC(=O)[C@@H](CC(=O)C1(C)CCNCC1)CC(=O)N1CCCC(CCO2)C1. The molecule has 2 aromatic rings. The largest absolute Gasteiger partial charge is 0.494 e. The lowest BCUT2D eigenvalue weighted by Gasteiger charge is -2.35. The fourth-order valence-electron chi connectivity index (χ4n) is 6.94. The average molecular weight is 631 g/mol. The van der Waals surface area contributed by atoms with E-state index in [9.17, 15) is 19.2 Å². The third kappa shape index (κ3) is 8.96. The zero-order valence-electron chi connectivity index (χ0n) is 27.4. The minimum absolute atomic E-state index is 0.0124. The van der Waals surface area contributed by atoms with Gasteiger partial charge in [-0.2, -0.15) is 0 Å². The number of carbonyl (C=O) groups is 4. The zero-order valence-corrected chi connectivity index (χ0v) is 27.4. The first-order valence-electron chi connectivity index (χ1n) is 17.1. The van der Waals surface area contributed by atoms with Gasteiger partial charge in [-0.15, -0.1) is 0 Å². The fourth-order valence-corrected chi connectivity index (χ4v) is 6.94. The summed E-state index contributed by atoms with van der Waals surface area (Å²) in [6, 6.07) is 14.9. The first-order chi connectivity index (χ1) is 22.2. The van der Waals surface area contributed by atoms with Crippen molar-refractivity contribution in [1.29, 1.82) is 0 Å². The summed E-state index contributed by atoms with van der Waals surface area (Å²) in [6.45, 7) is 7.58. The molecule has 0 saturated carbocycles. The van der Waals surface area contributed by atoms with Crippen molar-refractivity contribution in [2.24, 2.45) is 17.3 Å². The van der Waals surface area contributed by atoms with Gasteiger partial charge in [-0.25, -0.2) is 0 Å². The van der Waals surface area contributed by atoms with E-state index in [1.165, 1.54) is 0 Å². The summed E-state index contributed by atoms with van der Waals surface area (Å²) in [5.41, 5.74) is 2.52. The van der Waals surface area contributed by atoms with E-state index in [1.54, 1.807) is 0 Å². The normalized spacial score (nSPS) is 24.5. The number of fused-ring (bicyclic) bond motifs is 4. The van der Waals surface area contributed by atoms with E-state index in [0.29, 0.717) is 57.8 Å². The third-order valence-corrected chi connectivity index (χ3v) is 10.2. The molecule has 4 bridgehead atoms. The van der Waals surface area contributed by atoms with Crippen LogP contribution in [0.3, 0.4) is 0 Å². The van der Waals surface area contributed by atoms with Gasteiger partial charge >= 0.3 is 0 Å². The predicted octanol–water partition coefficient (Wildman–Crippen LogP) is 4.11. The van der Waals surface area contributed by atoms with Gasteiger partial charge in [0.2, 0.25) is 17.7 Å². The Bertz CT molecular complexity index is 1370. The Labute approximate surface area is 273 Å². The maximum atomic E-state index is 14.1. The van der Waals surface area contributed by atoms with Crippen LogP contribution in [0.25, 0.3) is 0 Å². The van der Waals surface area contributed by atoms with Crippen molar-refractivity contribution in [2.45, 2.75) is 84.2 Å². The highest BCUT2D eigenvalue weighted by atomic mass is 16.5. The predicted molar refractivity (Wildman–Crippen MR) is 177 cm³/mol. The monoisotopic (exact) mass is 630 g/mol. The lowest BCUT2D eigenvalue weighted by molar-refractivity contribution is -0.141. The van der Waals surface area contributed by atoms with E-state index < -0.39 is 23.3 Å². The number of hydrogen-bond donors (Lipinski definition) is 3. The van der Waals surface area contributed by atoms with E-state index in [0.717, 1.165) is 54.8 Å². The van der Waals surface area contributed by atoms with Crippen LogP contribution in [-0.2, 0) is 32.1 Å². The number of Topliss-reactive ketones (excluding diaryl/α,β-unsaturated/α-hetero) is 1. The second-order valence-corrected chi connectivity index (χ2v) is 13.7. The van der Waals surface area contributed by atoms with Crippen LogP contribution in [0.4, 0.5) is 0 Å². The number of ketones is 1. The summed E-state index contributed by atoms with van der Waals surface area (Å²) < 4.78 is 6.13. The molecular weight excluding hydrogens is 580 g/mol. The number of piperidine rings is 2. The Morgan fingerprint density at radius 3 is 2.59 bits per heavy atom. The van der Waals surface area contributed by atoms with Gasteiger partial charge < -0.3 is 25.6 Å². The molecule has 3 amide bonds. The summed E-state index contributed by atoms with van der Waals surface area (Å²) in [6.07, 6.45) is 5.05. The number of nitrogens with zero attached hydrogens (tertiary/aromatic N) is 1. The number of rotatable bonds is 6. The van der Waals surface area contributed by atoms with Crippen molar-refractivity contribution in [2.75, 3.05) is 32.8 Å². The van der Waals surface area contributed by atoms with Crippen LogP contribution in [0.2, 0.25) is 0 Å². The van der Waals surface area contributed by atoms with Crippen LogP contribution in [0.1, 0.15) is 75.0 Å². The molecule has 46 heavy (non-hydrogen) atoms. The first-order valence-corrected chi connectivity index (χ1v) is 17.1. The van der Waals surface area contributed by atoms with E-state index in [1.807, 2.05) is 67.3 Å². The third-order valence-electron chi connectivity index (χ3n) is 10.2. The molecular formula is C37H50N4O5. The summed E-state index contributed by atoms with van der Waals surface area (Å²) >= 11 is 0. The molecule has 9 nitrogen and oxygen atoms in total. The van der Waals surface area contributed by atoms with Crippen LogP contribution < -0.4 is 20.7 Å². The topological polar surface area (TPSA) is 117 Å². The van der Waals surface area contributed by atoms with E-state index in [2.05, 4.69) is 16.0 Å². The molecule has 0 aromatic heterocycles. The lowest BCUT2D eigenvalue weighted by Crippen LogP contribution is -2.50. The molecule has 2 fully saturated rings. The molecule has 2 saturated heterocycles. The van der Waals surface area contributed by atoms with Crippen molar-refractivity contribution >= 4 is 23.5 Å². The Morgan fingerprint density at radius 1 is 1.02 bits per heavy atom. The second kappa shape index (κ2) is 15.7. The second-order valence-electron chi connectivity index (χ2n) is 13.7. The molecule has 3 N–H and O–H groups in total. The minimum Gasteiger partial charge on any atom is -0.494 e. The van der Waals surface area contributed by atoms with Crippen molar-refractivity contribution in [3.05, 3.63) is 65.2 Å². The standard InChI is InChI=1S/C37H50N4O5/c1-26-10-12-31-21-30(26)24-39-36(45)32(13-11-27-7-4-3-5-8-27)40-35(44)29(22-33(42)37(2)15-17-38-18-16-37)23-34(43)41-19-6-9-28(25-41)14-20-46-31/h3-5,7-8,10,12,21,28-29,32,38H,6,9,11,13-20,22-25H2,1-2H3,(H,39,45)(H,40,44)/t28?,29-,32?/m0/s1. The molecule has 5 rings (SSSR count). The minimum atomic E-state index is -0.847. The Kier molecular flexibility index (Phi) is 11.5. The van der Waals surface area contributed by atoms with E-state index in [-0.39, 0.29) is 30.4 Å². The number of nitrogens with one attached hydrogen (secondary N) is 3. The van der Waals surface area contributed by atoms with Gasteiger partial charge in [0.1, 0.15) is 17.6 Å². The Balaban J connectivity index is 1.41. The molecule has 3 aliphatic heterocycles. The van der Waals surface area contributed by atoms with Gasteiger partial charge in [0, 0.05) is 37.9 Å². The maximum absolute atomic E-state index is 14.1. The van der Waals surface area contributed by atoms with Gasteiger partial charge in [-0.1, -0.05) is 43.3 Å². The zero-order chi connectivity index (χ0) is 32.5. The number of aryl methyl sites for hydroxylation is 2. The molecule has 2 aromatic carbocycles. The van der Waals surface area contributed by atoms with Crippen LogP contribution in [0.15, 0.2) is 48.5 Å². The Morgan fingerprint density at radius 2 is 1.80 bits per heavy atom. The number of amides is 3. The van der Waals surface area contributed by atoms with Crippen molar-refractivity contribution in [3.63, 3.8) is 0 Å². The number of ether oxygens (including phenoxy) is 1. The van der Waals surface area contributed by atoms with Gasteiger partial charge in [0.15, 0.2) is 0 Å². The molecule has 3 heterocycles. The van der Waals surface area contributed by atoms with Gasteiger partial charge in [-0.05, 0) is 99.7 Å². The summed E-state index contributed by atoms with van der Waals surface area (Å²) in [4.78, 5) is 57.1. The highest BCUT2D eigenvalue weighted by Crippen LogP contribution is 2.33. The highest BCUT2D eigenvalue weighted by molar-refractivity contribution is 5.95. The van der Waals surface area contributed by atoms with Crippen molar-refractivity contribution in [1.82, 2.24) is 20.9 Å². The molecule has 0 aliphatic carbocycles. The molecule has 2 unspecified atom stereocenters. The van der Waals surface area contributed by atoms with E-state index >= 15 is 0 Å². The first kappa shape index (κ1) is 33.6. The Hall–Kier alpha value is -3.72. The molecule has 3 aliphatic rings. The van der Waals surface area contributed by atoms with Crippen LogP contribution in [0, 0.1) is 24.2 Å². The highest BCUT2D eigenvalue weighted by Gasteiger charge is 2.38. The van der Waals surface area contributed by atoms with Gasteiger partial charge in [-0.3, -0.25) is 19.2 Å². The number of benzene rings is 2. The molecule has 3 atom stereocenters. The smallest absolute Gasteiger partial charge is 0.242 e. The lowest BCUT2D eigenvalue weighted by atomic mass is 9.74. The van der Waals surface area contributed by atoms with Crippen molar-refractivity contribution < 1.29 is 23.9 Å². The van der Waals surface area contributed by atoms with Crippen molar-refractivity contribution in [3.8, 4) is 5.75 Å². The van der Waals surface area contributed by atoms with Crippen LogP contribution in [-0.4, -0.2) is 67.2 Å². The maximum Gasteiger partial charge on any atom is 0.242 e. The molecule has 0 spiro atoms. The summed E-state index contributed by atoms with van der Waals surface area (Å²) in [5, 5.41) is 9.35. The summed E-state index contributed by atoms with van der Waals surface area (Å²) in [5.74, 6) is -0.581. The fraction of sp³-hybridized carbons (Fsp3) is 0.568. The quantitative estimate of drug-likeness (QED) is 0.443. The number of hydrogen-bond acceptors (Lipinski definition) is 6. The average Bonchev–Trinajstić information content (AvgIpc) is 3.06. The van der Waals surface area contributed by atoms with E-state index in [4.69, 9.17) is 4.74 Å². The molecule has 9 heteroatoms. The summed E-state index contributed by atoms with van der Waals surface area (Å²) in [7, 11) is 0. The molecule has 248 valence electrons. The van der Waals surface area contributed by atoms with Crippen LogP contribution >= 0.6 is 0 Å². The van der Waals surface area contributed by atoms with Gasteiger partial charge in [0.05, 0.1) is 12.5 Å². The molecule has 0 radical (unpaired) electrons. The van der Waals surface area contributed by atoms with Gasteiger partial charge in [0.25, 0.3) is 0 Å².